The maximum absolute atomic E-state index is 12.4. The summed E-state index contributed by atoms with van der Waals surface area (Å²) in [7, 11) is 0. The number of rotatable bonds is 54. The molecule has 0 N–H and O–H groups in total. The summed E-state index contributed by atoms with van der Waals surface area (Å²) in [5, 5.41) is 21.2. The van der Waals surface area contributed by atoms with E-state index < -0.39 is 11.9 Å². The van der Waals surface area contributed by atoms with E-state index in [0.29, 0.717) is 25.7 Å². The van der Waals surface area contributed by atoms with Crippen LogP contribution in [0.2, 0.25) is 0 Å². The van der Waals surface area contributed by atoms with Crippen LogP contribution in [0.15, 0.2) is 0 Å². The molecule has 0 aromatic carbocycles. The molecule has 0 radical (unpaired) electrons. The first-order chi connectivity index (χ1) is 33.2. The number of unbranched alkanes of at least 4 members (excludes halogenated alkanes) is 36. The Bertz CT molecular complexity index is 988. The predicted molar refractivity (Wildman–Crippen MR) is 283 cm³/mol. The molecule has 69 heavy (non-hydrogen) atoms. The van der Waals surface area contributed by atoms with Crippen molar-refractivity contribution in [1.82, 2.24) is 0 Å². The summed E-state index contributed by atoms with van der Waals surface area (Å²) in [6, 6.07) is 0. The molecule has 0 aromatic rings. The molecule has 2 unspecified atom stereocenters. The van der Waals surface area contributed by atoms with E-state index in [1.807, 2.05) is 0 Å². The minimum atomic E-state index is -0.973. The third-order valence-electron chi connectivity index (χ3n) is 13.6. The van der Waals surface area contributed by atoms with Crippen molar-refractivity contribution in [3.63, 3.8) is 0 Å². The zero-order valence-corrected chi connectivity index (χ0v) is 49.5. The van der Waals surface area contributed by atoms with Gasteiger partial charge in [-0.1, -0.05) is 246 Å². The molecule has 0 fully saturated rings. The van der Waals surface area contributed by atoms with Crippen LogP contribution in [0.25, 0.3) is 0 Å². The summed E-state index contributed by atoms with van der Waals surface area (Å²) in [5.41, 5.74) is 0. The number of hydrogen-bond acceptors (Lipinski definition) is 8. The van der Waals surface area contributed by atoms with E-state index in [0.717, 1.165) is 89.9 Å². The molecule has 0 aliphatic carbocycles. The monoisotopic (exact) mass is 1030 g/mol. The van der Waals surface area contributed by atoms with Gasteiger partial charge in [0.1, 0.15) is 12.2 Å². The van der Waals surface area contributed by atoms with Crippen molar-refractivity contribution in [3.8, 4) is 0 Å². The molecule has 9 heteroatoms. The van der Waals surface area contributed by atoms with Crippen LogP contribution in [0.5, 0.6) is 0 Å². The van der Waals surface area contributed by atoms with E-state index in [9.17, 15) is 29.4 Å². The second kappa shape index (κ2) is 60.8. The zero-order valence-electron chi connectivity index (χ0n) is 46.5. The Morgan fingerprint density at radius 1 is 0.275 bits per heavy atom. The number of carboxylic acids is 2. The number of carbonyl (C=O) groups is 4. The zero-order chi connectivity index (χ0) is 50.2. The molecule has 0 saturated carbocycles. The normalized spacial score (nSPS) is 11.9. The fourth-order valence-electron chi connectivity index (χ4n) is 9.18. The number of carboxylic acid groups (broad SMARTS) is 2. The van der Waals surface area contributed by atoms with Gasteiger partial charge in [0.25, 0.3) is 0 Å². The van der Waals surface area contributed by atoms with E-state index in [1.165, 1.54) is 193 Å². The van der Waals surface area contributed by atoms with Crippen LogP contribution in [-0.4, -0.2) is 36.1 Å². The minimum Gasteiger partial charge on any atom is -0.550 e. The molecular formula is C60H114O8Zn. The Morgan fingerprint density at radius 2 is 0.449 bits per heavy atom. The molecule has 0 heterocycles. The number of carbonyl (C=O) groups excluding carboxylic acids is 4. The summed E-state index contributed by atoms with van der Waals surface area (Å²) < 4.78 is 11.7. The molecule has 0 bridgehead atoms. The molecular weight excluding hydrogens is 914 g/mol. The Balaban J connectivity index is -0.00000124. The third kappa shape index (κ3) is 62.6. The Labute approximate surface area is 441 Å². The molecule has 0 saturated heterocycles. The third-order valence-corrected chi connectivity index (χ3v) is 13.6. The van der Waals surface area contributed by atoms with Gasteiger partial charge in [-0.05, 0) is 89.9 Å². The number of ether oxygens (including phenoxy) is 2. The minimum absolute atomic E-state index is 0. The van der Waals surface area contributed by atoms with E-state index in [1.54, 1.807) is 0 Å². The summed E-state index contributed by atoms with van der Waals surface area (Å²) in [6.07, 6.45) is 55.5. The topological polar surface area (TPSA) is 133 Å². The van der Waals surface area contributed by atoms with Crippen molar-refractivity contribution in [1.29, 1.82) is 0 Å². The molecule has 0 spiro atoms. The Morgan fingerprint density at radius 3 is 0.667 bits per heavy atom. The average Bonchev–Trinajstić information content (AvgIpc) is 3.31. The standard InChI is InChI=1S/2C30H58O4.Zn/c2*1-3-5-7-9-11-13-15-17-20-24-28(25-21-19-22-26-29(31)32)34-30(33)27-23-18-16-14-12-10-8-6-4-2;/h2*28H,3-27H2,1-2H3,(H,31,32);/q;;+2/p-2. The summed E-state index contributed by atoms with van der Waals surface area (Å²) in [4.78, 5) is 46.0. The van der Waals surface area contributed by atoms with Crippen LogP contribution in [0.3, 0.4) is 0 Å². The summed E-state index contributed by atoms with van der Waals surface area (Å²) in [5.74, 6) is -2.03. The van der Waals surface area contributed by atoms with Crippen molar-refractivity contribution in [2.75, 3.05) is 0 Å². The van der Waals surface area contributed by atoms with Gasteiger partial charge < -0.3 is 29.3 Å². The maximum atomic E-state index is 12.4. The molecule has 0 rings (SSSR count). The van der Waals surface area contributed by atoms with Gasteiger partial charge >= 0.3 is 31.4 Å². The van der Waals surface area contributed by atoms with E-state index in [2.05, 4.69) is 27.7 Å². The predicted octanol–water partition coefficient (Wildman–Crippen LogP) is 16.9. The smallest absolute Gasteiger partial charge is 0.550 e. The molecule has 0 aliphatic heterocycles. The number of esters is 2. The van der Waals surface area contributed by atoms with Crippen molar-refractivity contribution >= 4 is 23.9 Å². The first-order valence-corrected chi connectivity index (χ1v) is 30.0. The second-order valence-corrected chi connectivity index (χ2v) is 20.6. The van der Waals surface area contributed by atoms with Gasteiger partial charge in [0.2, 0.25) is 0 Å². The van der Waals surface area contributed by atoms with Crippen LogP contribution < -0.4 is 10.2 Å². The molecule has 404 valence electrons. The van der Waals surface area contributed by atoms with E-state index in [-0.39, 0.29) is 56.5 Å². The van der Waals surface area contributed by atoms with Crippen LogP contribution in [0.1, 0.15) is 349 Å². The van der Waals surface area contributed by atoms with Gasteiger partial charge in [-0.3, -0.25) is 9.59 Å². The van der Waals surface area contributed by atoms with Crippen molar-refractivity contribution < 1.29 is 58.3 Å². The van der Waals surface area contributed by atoms with Crippen molar-refractivity contribution in [3.05, 3.63) is 0 Å². The molecule has 2 atom stereocenters. The molecule has 0 aromatic heterocycles. The fraction of sp³-hybridized carbons (Fsp3) is 0.933. The van der Waals surface area contributed by atoms with E-state index in [4.69, 9.17) is 9.47 Å². The van der Waals surface area contributed by atoms with Gasteiger partial charge in [-0.25, -0.2) is 0 Å². The first-order valence-electron chi connectivity index (χ1n) is 30.0. The summed E-state index contributed by atoms with van der Waals surface area (Å²) >= 11 is 0. The quantitative estimate of drug-likeness (QED) is 0.0334. The van der Waals surface area contributed by atoms with Crippen LogP contribution >= 0.6 is 0 Å². The van der Waals surface area contributed by atoms with E-state index >= 15 is 0 Å². The van der Waals surface area contributed by atoms with Crippen LogP contribution in [-0.2, 0) is 48.1 Å². The average molecular weight is 1030 g/mol. The van der Waals surface area contributed by atoms with Crippen LogP contribution in [0.4, 0.5) is 0 Å². The van der Waals surface area contributed by atoms with Gasteiger partial charge in [0.05, 0.1) is 0 Å². The second-order valence-electron chi connectivity index (χ2n) is 20.6. The molecule has 8 nitrogen and oxygen atoms in total. The number of aliphatic carboxylic acids is 2. The first kappa shape index (κ1) is 71.8. The van der Waals surface area contributed by atoms with Crippen molar-refractivity contribution in [2.45, 2.75) is 361 Å². The molecule has 0 amide bonds. The SMILES string of the molecule is CCCCCCCCCCCC(=O)OC(CCCCCCCCCCC)CCCCCC(=O)[O-].CCCCCCCCCCCC(=O)OC(CCCCCCCCCCC)CCCCCC(=O)[O-].[Zn+2]. The number of hydrogen-bond donors (Lipinski definition) is 0. The van der Waals surface area contributed by atoms with Crippen LogP contribution in [0, 0.1) is 0 Å². The summed E-state index contributed by atoms with van der Waals surface area (Å²) in [6.45, 7) is 9.00. The fourth-order valence-corrected chi connectivity index (χ4v) is 9.18. The maximum Gasteiger partial charge on any atom is 2.00 e. The molecule has 0 aliphatic rings. The van der Waals surface area contributed by atoms with Crippen molar-refractivity contribution in [2.24, 2.45) is 0 Å². The van der Waals surface area contributed by atoms with Gasteiger partial charge in [0, 0.05) is 24.8 Å². The Kier molecular flexibility index (Phi) is 63.2. The van der Waals surface area contributed by atoms with Gasteiger partial charge in [0.15, 0.2) is 0 Å². The van der Waals surface area contributed by atoms with Gasteiger partial charge in [-0.15, -0.1) is 0 Å². The largest absolute Gasteiger partial charge is 2.00 e. The van der Waals surface area contributed by atoms with Gasteiger partial charge in [-0.2, -0.15) is 0 Å². The Hall–Kier alpha value is -1.50.